The van der Waals surface area contributed by atoms with Crippen LogP contribution in [0.3, 0.4) is 0 Å². The Morgan fingerprint density at radius 2 is 2.27 bits per heavy atom. The second-order valence-electron chi connectivity index (χ2n) is 3.65. The molecule has 3 heteroatoms. The normalized spacial score (nSPS) is 14.2. The Bertz CT molecular complexity index is 325. The van der Waals surface area contributed by atoms with Gasteiger partial charge in [0.2, 0.25) is 0 Å². The highest BCUT2D eigenvalue weighted by Gasteiger charge is 2.12. The van der Waals surface area contributed by atoms with Crippen molar-refractivity contribution in [2.45, 2.75) is 12.8 Å². The van der Waals surface area contributed by atoms with Gasteiger partial charge >= 0.3 is 0 Å². The molecular formula is C12H17NO2. The molecule has 0 radical (unpaired) electrons. The average molecular weight is 207 g/mol. The molecule has 0 saturated carbocycles. The third-order valence-corrected chi connectivity index (χ3v) is 2.60. The van der Waals surface area contributed by atoms with Crippen molar-refractivity contribution in [2.24, 2.45) is 0 Å². The summed E-state index contributed by atoms with van der Waals surface area (Å²) >= 11 is 0. The van der Waals surface area contributed by atoms with Crippen LogP contribution in [0.25, 0.3) is 0 Å². The van der Waals surface area contributed by atoms with Gasteiger partial charge in [-0.05, 0) is 25.0 Å². The lowest BCUT2D eigenvalue weighted by Crippen LogP contribution is -2.14. The minimum absolute atomic E-state index is 0.618. The molecule has 2 rings (SSSR count). The molecule has 0 atom stereocenters. The van der Waals surface area contributed by atoms with Crippen LogP contribution in [-0.2, 0) is 11.2 Å². The molecule has 0 fully saturated rings. The Labute approximate surface area is 90.4 Å². The van der Waals surface area contributed by atoms with E-state index in [1.807, 2.05) is 12.1 Å². The number of hydrogen-bond acceptors (Lipinski definition) is 3. The van der Waals surface area contributed by atoms with Crippen molar-refractivity contribution < 1.29 is 9.47 Å². The van der Waals surface area contributed by atoms with Gasteiger partial charge in [-0.25, -0.2) is 0 Å². The van der Waals surface area contributed by atoms with Gasteiger partial charge in [-0.3, -0.25) is 0 Å². The third-order valence-electron chi connectivity index (χ3n) is 2.60. The summed E-state index contributed by atoms with van der Waals surface area (Å²) in [5.74, 6) is 0.997. The van der Waals surface area contributed by atoms with Gasteiger partial charge in [0, 0.05) is 24.9 Å². The van der Waals surface area contributed by atoms with Gasteiger partial charge in [0.25, 0.3) is 0 Å². The summed E-state index contributed by atoms with van der Waals surface area (Å²) in [4.78, 5) is 0. The minimum atomic E-state index is 0.618. The number of anilines is 1. The lowest BCUT2D eigenvalue weighted by Gasteiger charge is -2.20. The molecule has 82 valence electrons. The van der Waals surface area contributed by atoms with Crippen LogP contribution in [0.5, 0.6) is 5.75 Å². The predicted octanol–water partition coefficient (Wildman–Crippen LogP) is 2.07. The number of fused-ring (bicyclic) bond motifs is 1. The maximum Gasteiger partial charge on any atom is 0.124 e. The monoisotopic (exact) mass is 207 g/mol. The number of nitrogens with one attached hydrogen (secondary N) is 1. The highest BCUT2D eigenvalue weighted by atomic mass is 16.5. The fourth-order valence-corrected chi connectivity index (χ4v) is 1.85. The first-order valence-electron chi connectivity index (χ1n) is 5.39. The maximum atomic E-state index is 5.68. The molecule has 1 heterocycles. The average Bonchev–Trinajstić information content (AvgIpc) is 2.30. The van der Waals surface area contributed by atoms with Crippen LogP contribution in [0, 0.1) is 0 Å². The van der Waals surface area contributed by atoms with E-state index in [9.17, 15) is 0 Å². The van der Waals surface area contributed by atoms with Gasteiger partial charge in [-0.15, -0.1) is 0 Å². The Balaban J connectivity index is 2.09. The molecule has 0 aliphatic carbocycles. The smallest absolute Gasteiger partial charge is 0.124 e. The number of methoxy groups -OCH3 is 1. The first-order chi connectivity index (χ1) is 7.42. The fourth-order valence-electron chi connectivity index (χ4n) is 1.85. The molecule has 0 bridgehead atoms. The van der Waals surface area contributed by atoms with Gasteiger partial charge in [0.05, 0.1) is 6.61 Å². The Kier molecular flexibility index (Phi) is 3.45. The number of hydrogen-bond donors (Lipinski definition) is 1. The summed E-state index contributed by atoms with van der Waals surface area (Å²) in [6.07, 6.45) is 2.28. The predicted molar refractivity (Wildman–Crippen MR) is 60.6 cm³/mol. The van der Waals surface area contributed by atoms with Crippen molar-refractivity contribution >= 4 is 5.69 Å². The highest BCUT2D eigenvalue weighted by molar-refractivity contribution is 5.58. The molecule has 1 N–H and O–H groups in total. The van der Waals surface area contributed by atoms with Crippen molar-refractivity contribution in [3.05, 3.63) is 23.8 Å². The summed E-state index contributed by atoms with van der Waals surface area (Å²) in [6.45, 7) is 2.32. The van der Waals surface area contributed by atoms with Crippen LogP contribution >= 0.6 is 0 Å². The summed E-state index contributed by atoms with van der Waals surface area (Å²) < 4.78 is 10.6. The Morgan fingerprint density at radius 1 is 1.33 bits per heavy atom. The molecule has 0 unspecified atom stereocenters. The number of rotatable bonds is 4. The molecule has 3 nitrogen and oxygen atoms in total. The molecule has 0 saturated heterocycles. The molecule has 1 aliphatic rings. The Morgan fingerprint density at radius 3 is 3.13 bits per heavy atom. The molecule has 1 aliphatic heterocycles. The van der Waals surface area contributed by atoms with Gasteiger partial charge in [0.1, 0.15) is 12.4 Å². The zero-order valence-corrected chi connectivity index (χ0v) is 9.08. The van der Waals surface area contributed by atoms with E-state index in [1.165, 1.54) is 17.7 Å². The quantitative estimate of drug-likeness (QED) is 0.767. The van der Waals surface area contributed by atoms with E-state index >= 15 is 0 Å². The van der Waals surface area contributed by atoms with Crippen LogP contribution in [-0.4, -0.2) is 26.9 Å². The number of benzene rings is 1. The first kappa shape index (κ1) is 10.3. The van der Waals surface area contributed by atoms with Crippen molar-refractivity contribution in [2.75, 3.05) is 32.2 Å². The zero-order valence-electron chi connectivity index (χ0n) is 9.08. The highest BCUT2D eigenvalue weighted by Crippen LogP contribution is 2.30. The lowest BCUT2D eigenvalue weighted by molar-refractivity contribution is 0.146. The lowest BCUT2D eigenvalue weighted by atomic mass is 10.0. The Hall–Kier alpha value is -1.22. The van der Waals surface area contributed by atoms with E-state index in [1.54, 1.807) is 7.11 Å². The van der Waals surface area contributed by atoms with Crippen molar-refractivity contribution in [3.63, 3.8) is 0 Å². The van der Waals surface area contributed by atoms with Gasteiger partial charge in [0.15, 0.2) is 0 Å². The fraction of sp³-hybridized carbons (Fsp3) is 0.500. The van der Waals surface area contributed by atoms with E-state index in [4.69, 9.17) is 9.47 Å². The van der Waals surface area contributed by atoms with E-state index in [2.05, 4.69) is 11.4 Å². The van der Waals surface area contributed by atoms with Crippen molar-refractivity contribution in [1.29, 1.82) is 0 Å². The van der Waals surface area contributed by atoms with Crippen LogP contribution in [0.15, 0.2) is 18.2 Å². The summed E-state index contributed by atoms with van der Waals surface area (Å²) in [5.41, 5.74) is 2.52. The van der Waals surface area contributed by atoms with Crippen LogP contribution in [0.4, 0.5) is 5.69 Å². The summed E-state index contributed by atoms with van der Waals surface area (Å²) in [7, 11) is 1.69. The zero-order chi connectivity index (χ0) is 10.5. The molecule has 0 spiro atoms. The summed E-state index contributed by atoms with van der Waals surface area (Å²) in [5, 5.41) is 3.38. The van der Waals surface area contributed by atoms with Crippen molar-refractivity contribution in [1.82, 2.24) is 0 Å². The van der Waals surface area contributed by atoms with Crippen LogP contribution in [0.2, 0.25) is 0 Å². The molecule has 0 amide bonds. The van der Waals surface area contributed by atoms with Gasteiger partial charge in [-0.2, -0.15) is 0 Å². The maximum absolute atomic E-state index is 5.68. The second-order valence-corrected chi connectivity index (χ2v) is 3.65. The van der Waals surface area contributed by atoms with E-state index in [-0.39, 0.29) is 0 Å². The van der Waals surface area contributed by atoms with Gasteiger partial charge in [-0.1, -0.05) is 6.07 Å². The van der Waals surface area contributed by atoms with Crippen LogP contribution in [0.1, 0.15) is 12.0 Å². The molecule has 0 aromatic heterocycles. The SMILES string of the molecule is COCCOc1cccc2c1CCCN2. The van der Waals surface area contributed by atoms with Crippen LogP contribution < -0.4 is 10.1 Å². The van der Waals surface area contributed by atoms with Gasteiger partial charge < -0.3 is 14.8 Å². The topological polar surface area (TPSA) is 30.5 Å². The largest absolute Gasteiger partial charge is 0.491 e. The standard InChI is InChI=1S/C12H17NO2/c1-14-8-9-15-12-6-2-5-11-10(12)4-3-7-13-11/h2,5-6,13H,3-4,7-9H2,1H3. The van der Waals surface area contributed by atoms with Crippen molar-refractivity contribution in [3.8, 4) is 5.75 Å². The molecular weight excluding hydrogens is 190 g/mol. The second kappa shape index (κ2) is 5.03. The summed E-state index contributed by atoms with van der Waals surface area (Å²) in [6, 6.07) is 6.17. The van der Waals surface area contributed by atoms with E-state index < -0.39 is 0 Å². The number of ether oxygens (including phenoxy) is 2. The minimum Gasteiger partial charge on any atom is -0.491 e. The third kappa shape index (κ3) is 2.42. The first-order valence-corrected chi connectivity index (χ1v) is 5.39. The van der Waals surface area contributed by atoms with E-state index in [0.717, 1.165) is 18.7 Å². The molecule has 1 aromatic carbocycles. The molecule has 15 heavy (non-hydrogen) atoms. The molecule has 1 aromatic rings. The van der Waals surface area contributed by atoms with E-state index in [0.29, 0.717) is 13.2 Å².